The lowest BCUT2D eigenvalue weighted by molar-refractivity contribution is -0.164. The molecule has 7 heteroatoms. The molecule has 0 bridgehead atoms. The standard InChI is InChI=1S/C17H18F3NO3/c1-2-13-5-7-14(8-6-13)24-11-16(22)21(12-17(18,19)20)10-15-4-3-9-23-15/h3-9H,2,10-12H2,1H3. The Kier molecular flexibility index (Phi) is 5.89. The smallest absolute Gasteiger partial charge is 0.406 e. The van der Waals surface area contributed by atoms with Gasteiger partial charge >= 0.3 is 6.18 Å². The molecule has 0 atom stereocenters. The molecule has 0 aliphatic heterocycles. The summed E-state index contributed by atoms with van der Waals surface area (Å²) in [6.45, 7) is -0.0839. The molecule has 1 amide bonds. The maximum absolute atomic E-state index is 12.7. The first-order valence-corrected chi connectivity index (χ1v) is 7.46. The molecular formula is C17H18F3NO3. The first-order valence-electron chi connectivity index (χ1n) is 7.46. The van der Waals surface area contributed by atoms with Crippen molar-refractivity contribution in [2.24, 2.45) is 0 Å². The van der Waals surface area contributed by atoms with E-state index in [0.29, 0.717) is 10.6 Å². The Morgan fingerprint density at radius 3 is 2.46 bits per heavy atom. The molecule has 130 valence electrons. The van der Waals surface area contributed by atoms with Crippen LogP contribution in [0.25, 0.3) is 0 Å². The molecule has 0 saturated carbocycles. The molecule has 0 aliphatic rings. The van der Waals surface area contributed by atoms with E-state index in [0.717, 1.165) is 12.0 Å². The quantitative estimate of drug-likeness (QED) is 0.769. The molecule has 0 unspecified atom stereocenters. The van der Waals surface area contributed by atoms with E-state index < -0.39 is 25.2 Å². The minimum absolute atomic E-state index is 0.260. The lowest BCUT2D eigenvalue weighted by atomic mass is 10.2. The summed E-state index contributed by atoms with van der Waals surface area (Å²) < 4.78 is 48.3. The third kappa shape index (κ3) is 5.64. The SMILES string of the molecule is CCc1ccc(OCC(=O)N(Cc2ccco2)CC(F)(F)F)cc1. The zero-order valence-corrected chi connectivity index (χ0v) is 13.2. The third-order valence-corrected chi connectivity index (χ3v) is 3.34. The van der Waals surface area contributed by atoms with Crippen LogP contribution < -0.4 is 4.74 Å². The van der Waals surface area contributed by atoms with Gasteiger partial charge < -0.3 is 14.1 Å². The number of nitrogens with zero attached hydrogens (tertiary/aromatic N) is 1. The lowest BCUT2D eigenvalue weighted by Gasteiger charge is -2.23. The molecule has 0 fully saturated rings. The van der Waals surface area contributed by atoms with Crippen molar-refractivity contribution in [1.82, 2.24) is 4.90 Å². The van der Waals surface area contributed by atoms with Crippen molar-refractivity contribution in [3.63, 3.8) is 0 Å². The molecular weight excluding hydrogens is 323 g/mol. The van der Waals surface area contributed by atoms with Crippen LogP contribution in [-0.2, 0) is 17.8 Å². The summed E-state index contributed by atoms with van der Waals surface area (Å²) in [6, 6.07) is 10.1. The van der Waals surface area contributed by atoms with Crippen molar-refractivity contribution in [2.45, 2.75) is 26.1 Å². The second-order valence-corrected chi connectivity index (χ2v) is 5.23. The first kappa shape index (κ1) is 17.9. The fraction of sp³-hybridized carbons (Fsp3) is 0.353. The van der Waals surface area contributed by atoms with Crippen LogP contribution in [0.1, 0.15) is 18.2 Å². The van der Waals surface area contributed by atoms with Crippen molar-refractivity contribution >= 4 is 5.91 Å². The van der Waals surface area contributed by atoms with E-state index in [1.54, 1.807) is 18.2 Å². The number of carbonyl (C=O) groups is 1. The number of carbonyl (C=O) groups excluding carboxylic acids is 1. The van der Waals surface area contributed by atoms with Crippen molar-refractivity contribution in [3.05, 3.63) is 54.0 Å². The van der Waals surface area contributed by atoms with Crippen LogP contribution in [0.2, 0.25) is 0 Å². The minimum Gasteiger partial charge on any atom is -0.484 e. The van der Waals surface area contributed by atoms with Gasteiger partial charge in [-0.2, -0.15) is 13.2 Å². The fourth-order valence-electron chi connectivity index (χ4n) is 2.10. The predicted molar refractivity (Wildman–Crippen MR) is 81.5 cm³/mol. The molecule has 0 radical (unpaired) electrons. The van der Waals surface area contributed by atoms with Gasteiger partial charge in [0.1, 0.15) is 18.1 Å². The Morgan fingerprint density at radius 2 is 1.92 bits per heavy atom. The molecule has 4 nitrogen and oxygen atoms in total. The summed E-state index contributed by atoms with van der Waals surface area (Å²) in [5, 5.41) is 0. The number of benzene rings is 1. The van der Waals surface area contributed by atoms with Crippen LogP contribution in [0.4, 0.5) is 13.2 Å². The summed E-state index contributed by atoms with van der Waals surface area (Å²) in [5.41, 5.74) is 1.10. The molecule has 0 aliphatic carbocycles. The third-order valence-electron chi connectivity index (χ3n) is 3.34. The van der Waals surface area contributed by atoms with Gasteiger partial charge in [0, 0.05) is 0 Å². The number of halogens is 3. The zero-order valence-electron chi connectivity index (χ0n) is 13.2. The van der Waals surface area contributed by atoms with Gasteiger partial charge in [0.2, 0.25) is 0 Å². The summed E-state index contributed by atoms with van der Waals surface area (Å²) >= 11 is 0. The monoisotopic (exact) mass is 341 g/mol. The first-order chi connectivity index (χ1) is 11.4. The number of ether oxygens (including phenoxy) is 1. The Balaban J connectivity index is 1.97. The molecule has 2 aromatic rings. The Morgan fingerprint density at radius 1 is 1.21 bits per heavy atom. The maximum Gasteiger partial charge on any atom is 0.406 e. The summed E-state index contributed by atoms with van der Waals surface area (Å²) in [5.74, 6) is -0.0475. The van der Waals surface area contributed by atoms with E-state index in [4.69, 9.17) is 9.15 Å². The Labute approximate surface area is 137 Å². The maximum atomic E-state index is 12.7. The van der Waals surface area contributed by atoms with Crippen LogP contribution in [0.15, 0.2) is 47.1 Å². The lowest BCUT2D eigenvalue weighted by Crippen LogP contribution is -2.40. The average molecular weight is 341 g/mol. The number of alkyl halides is 3. The van der Waals surface area contributed by atoms with Crippen molar-refractivity contribution < 1.29 is 27.1 Å². The fourth-order valence-corrected chi connectivity index (χ4v) is 2.10. The summed E-state index contributed by atoms with van der Waals surface area (Å²) in [4.78, 5) is 12.8. The highest BCUT2D eigenvalue weighted by atomic mass is 19.4. The Bertz CT molecular complexity index is 636. The molecule has 1 aromatic heterocycles. The molecule has 24 heavy (non-hydrogen) atoms. The molecule has 2 rings (SSSR count). The van der Waals surface area contributed by atoms with Crippen LogP contribution in [0.5, 0.6) is 5.75 Å². The highest BCUT2D eigenvalue weighted by Gasteiger charge is 2.33. The van der Waals surface area contributed by atoms with Crippen molar-refractivity contribution in [1.29, 1.82) is 0 Å². The van der Waals surface area contributed by atoms with Crippen LogP contribution in [0.3, 0.4) is 0 Å². The van der Waals surface area contributed by atoms with Gasteiger partial charge in [0.05, 0.1) is 12.8 Å². The minimum atomic E-state index is -4.50. The molecule has 0 spiro atoms. The number of hydrogen-bond donors (Lipinski definition) is 0. The molecule has 1 heterocycles. The van der Waals surface area contributed by atoms with E-state index in [1.807, 2.05) is 19.1 Å². The molecule has 0 saturated heterocycles. The second kappa shape index (κ2) is 7.90. The number of hydrogen-bond acceptors (Lipinski definition) is 3. The van der Waals surface area contributed by atoms with E-state index >= 15 is 0 Å². The van der Waals surface area contributed by atoms with Crippen molar-refractivity contribution in [2.75, 3.05) is 13.2 Å². The summed E-state index contributed by atoms with van der Waals surface area (Å²) in [6.07, 6.45) is -2.29. The van der Waals surface area contributed by atoms with E-state index in [2.05, 4.69) is 0 Å². The predicted octanol–water partition coefficient (Wildman–Crippen LogP) is 3.81. The van der Waals surface area contributed by atoms with E-state index in [1.165, 1.54) is 12.3 Å². The highest BCUT2D eigenvalue weighted by molar-refractivity contribution is 5.77. The number of furan rings is 1. The van der Waals surface area contributed by atoms with Gasteiger partial charge in [-0.3, -0.25) is 4.79 Å². The van der Waals surface area contributed by atoms with E-state index in [-0.39, 0.29) is 12.3 Å². The average Bonchev–Trinajstić information content (AvgIpc) is 3.04. The summed E-state index contributed by atoms with van der Waals surface area (Å²) in [7, 11) is 0. The van der Waals surface area contributed by atoms with Gasteiger partial charge in [-0.1, -0.05) is 19.1 Å². The van der Waals surface area contributed by atoms with Crippen LogP contribution in [-0.4, -0.2) is 30.1 Å². The normalized spacial score (nSPS) is 11.3. The van der Waals surface area contributed by atoms with Crippen LogP contribution >= 0.6 is 0 Å². The zero-order chi connectivity index (χ0) is 17.6. The van der Waals surface area contributed by atoms with Crippen molar-refractivity contribution in [3.8, 4) is 5.75 Å². The highest BCUT2D eigenvalue weighted by Crippen LogP contribution is 2.19. The van der Waals surface area contributed by atoms with Gasteiger partial charge in [0.15, 0.2) is 6.61 Å². The van der Waals surface area contributed by atoms with Gasteiger partial charge in [-0.25, -0.2) is 0 Å². The van der Waals surface area contributed by atoms with Gasteiger partial charge in [-0.15, -0.1) is 0 Å². The topological polar surface area (TPSA) is 42.7 Å². The molecule has 1 aromatic carbocycles. The Hall–Kier alpha value is -2.44. The van der Waals surface area contributed by atoms with E-state index in [9.17, 15) is 18.0 Å². The van der Waals surface area contributed by atoms with Crippen LogP contribution in [0, 0.1) is 0 Å². The number of rotatable bonds is 7. The second-order valence-electron chi connectivity index (χ2n) is 5.23. The number of aryl methyl sites for hydroxylation is 1. The molecule has 0 N–H and O–H groups in total. The number of amides is 1. The van der Waals surface area contributed by atoms with Gasteiger partial charge in [0.25, 0.3) is 5.91 Å². The van der Waals surface area contributed by atoms with Gasteiger partial charge in [-0.05, 0) is 36.2 Å². The largest absolute Gasteiger partial charge is 0.484 e.